The zero-order chi connectivity index (χ0) is 22.7. The summed E-state index contributed by atoms with van der Waals surface area (Å²) in [5, 5.41) is 3.62. The zero-order valence-electron chi connectivity index (χ0n) is 17.8. The molecule has 0 radical (unpaired) electrons. The van der Waals surface area contributed by atoms with Crippen molar-refractivity contribution in [2.75, 3.05) is 31.6 Å². The largest absolute Gasteiger partial charge is 0.443 e. The molecule has 0 spiro atoms. The van der Waals surface area contributed by atoms with Crippen molar-refractivity contribution >= 4 is 22.9 Å². The average molecular weight is 444 g/mol. The Labute approximate surface area is 184 Å². The van der Waals surface area contributed by atoms with E-state index >= 15 is 0 Å². The Balaban J connectivity index is 1.48. The second-order valence-electron chi connectivity index (χ2n) is 7.88. The lowest BCUT2D eigenvalue weighted by Gasteiger charge is -2.16. The Morgan fingerprint density at radius 2 is 2.09 bits per heavy atom. The molecule has 1 amide bonds. The standard InChI is InChI=1S/C22H26F2N6O2/c1-26-8-7-22(23,24)6-4-15-10-16-5-9-29(20(16)28-12-15)17-2-3-19(27-13-17)30-14-18(11-25)32-21(30)31/h2-3,5,9-10,12-13,18,26H,4,6-8,11,14,25H2,1H3. The molecule has 3 aromatic heterocycles. The molecule has 170 valence electrons. The molecule has 1 aliphatic heterocycles. The molecule has 0 aliphatic carbocycles. The lowest BCUT2D eigenvalue weighted by Crippen LogP contribution is -2.28. The number of rotatable bonds is 9. The van der Waals surface area contributed by atoms with Crippen molar-refractivity contribution < 1.29 is 18.3 Å². The fraction of sp³-hybridized carbons (Fsp3) is 0.409. The number of ether oxygens (including phenoxy) is 1. The van der Waals surface area contributed by atoms with Gasteiger partial charge in [-0.2, -0.15) is 0 Å². The van der Waals surface area contributed by atoms with Gasteiger partial charge in [-0.1, -0.05) is 0 Å². The van der Waals surface area contributed by atoms with Crippen molar-refractivity contribution in [3.8, 4) is 5.69 Å². The van der Waals surface area contributed by atoms with Gasteiger partial charge in [0, 0.05) is 43.7 Å². The minimum Gasteiger partial charge on any atom is -0.443 e. The molecule has 1 aliphatic rings. The van der Waals surface area contributed by atoms with E-state index in [0.717, 1.165) is 16.6 Å². The first-order valence-electron chi connectivity index (χ1n) is 10.5. The number of alkyl halides is 2. The second-order valence-corrected chi connectivity index (χ2v) is 7.88. The molecular weight excluding hydrogens is 418 g/mol. The molecule has 4 rings (SSSR count). The molecule has 1 unspecified atom stereocenters. The Hall–Kier alpha value is -3.11. The highest BCUT2D eigenvalue weighted by atomic mass is 19.3. The number of halogens is 2. The molecule has 1 fully saturated rings. The number of carbonyl (C=O) groups is 1. The molecule has 32 heavy (non-hydrogen) atoms. The monoisotopic (exact) mass is 444 g/mol. The highest BCUT2D eigenvalue weighted by Crippen LogP contribution is 2.26. The van der Waals surface area contributed by atoms with Crippen LogP contribution in [0.1, 0.15) is 18.4 Å². The predicted octanol–water partition coefficient (Wildman–Crippen LogP) is 2.88. The van der Waals surface area contributed by atoms with Crippen molar-refractivity contribution in [3.63, 3.8) is 0 Å². The predicted molar refractivity (Wildman–Crippen MR) is 117 cm³/mol. The van der Waals surface area contributed by atoms with Crippen LogP contribution < -0.4 is 16.0 Å². The summed E-state index contributed by atoms with van der Waals surface area (Å²) in [6.45, 7) is 0.913. The van der Waals surface area contributed by atoms with Crippen LogP contribution in [-0.2, 0) is 11.2 Å². The van der Waals surface area contributed by atoms with E-state index in [4.69, 9.17) is 10.5 Å². The van der Waals surface area contributed by atoms with Gasteiger partial charge in [-0.05, 0) is 43.3 Å². The summed E-state index contributed by atoms with van der Waals surface area (Å²) in [5.41, 5.74) is 7.82. The van der Waals surface area contributed by atoms with Crippen molar-refractivity contribution in [3.05, 3.63) is 48.4 Å². The van der Waals surface area contributed by atoms with Crippen LogP contribution in [0, 0.1) is 0 Å². The van der Waals surface area contributed by atoms with Crippen LogP contribution in [-0.4, -0.2) is 59.3 Å². The van der Waals surface area contributed by atoms with E-state index in [0.29, 0.717) is 18.0 Å². The molecule has 1 saturated heterocycles. The first-order chi connectivity index (χ1) is 15.4. The summed E-state index contributed by atoms with van der Waals surface area (Å²) in [4.78, 5) is 22.3. The van der Waals surface area contributed by atoms with E-state index in [1.807, 2.05) is 29.0 Å². The second kappa shape index (κ2) is 9.17. The molecule has 3 N–H and O–H groups in total. The van der Waals surface area contributed by atoms with E-state index < -0.39 is 12.0 Å². The van der Waals surface area contributed by atoms with Crippen LogP contribution in [0.4, 0.5) is 19.4 Å². The summed E-state index contributed by atoms with van der Waals surface area (Å²) in [7, 11) is 1.67. The van der Waals surface area contributed by atoms with E-state index in [1.165, 1.54) is 4.90 Å². The topological polar surface area (TPSA) is 98.3 Å². The number of aryl methyl sites for hydroxylation is 1. The third-order valence-corrected chi connectivity index (χ3v) is 5.53. The summed E-state index contributed by atoms with van der Waals surface area (Å²) in [6.07, 6.45) is 4.22. The minimum atomic E-state index is -2.71. The number of amides is 1. The number of anilines is 1. The maximum atomic E-state index is 13.9. The minimum absolute atomic E-state index is 0.180. The van der Waals surface area contributed by atoms with Gasteiger partial charge in [0.15, 0.2) is 0 Å². The van der Waals surface area contributed by atoms with Gasteiger partial charge in [-0.3, -0.25) is 9.47 Å². The van der Waals surface area contributed by atoms with Gasteiger partial charge in [0.05, 0.1) is 18.4 Å². The molecule has 10 heteroatoms. The lowest BCUT2D eigenvalue weighted by atomic mass is 10.0. The molecule has 1 atom stereocenters. The van der Waals surface area contributed by atoms with E-state index in [9.17, 15) is 13.6 Å². The Kier molecular flexibility index (Phi) is 6.33. The molecule has 0 saturated carbocycles. The summed E-state index contributed by atoms with van der Waals surface area (Å²) in [5.74, 6) is -2.22. The summed E-state index contributed by atoms with van der Waals surface area (Å²) < 4.78 is 34.9. The Bertz CT molecular complexity index is 1090. The lowest BCUT2D eigenvalue weighted by molar-refractivity contribution is -0.0148. The smallest absolute Gasteiger partial charge is 0.415 e. The van der Waals surface area contributed by atoms with Gasteiger partial charge >= 0.3 is 6.09 Å². The van der Waals surface area contributed by atoms with Crippen LogP contribution in [0.3, 0.4) is 0 Å². The van der Waals surface area contributed by atoms with Crippen molar-refractivity contribution in [1.82, 2.24) is 19.9 Å². The first kappa shape index (κ1) is 22.1. The van der Waals surface area contributed by atoms with Crippen molar-refractivity contribution in [2.24, 2.45) is 5.73 Å². The number of hydrogen-bond acceptors (Lipinski definition) is 6. The van der Waals surface area contributed by atoms with Crippen LogP contribution in [0.25, 0.3) is 16.7 Å². The fourth-order valence-electron chi connectivity index (χ4n) is 3.69. The number of cyclic esters (lactones) is 1. The van der Waals surface area contributed by atoms with Crippen LogP contribution in [0.15, 0.2) is 42.9 Å². The Morgan fingerprint density at radius 3 is 2.78 bits per heavy atom. The molecule has 4 heterocycles. The SMILES string of the molecule is CNCCC(F)(F)CCc1cnc2c(ccn2-c2ccc(N3CC(CN)OC3=O)nc2)c1. The maximum Gasteiger partial charge on any atom is 0.415 e. The normalized spacial score (nSPS) is 16.7. The molecule has 0 aromatic carbocycles. The van der Waals surface area contributed by atoms with Crippen LogP contribution in [0.2, 0.25) is 0 Å². The number of nitrogens with one attached hydrogen (secondary N) is 1. The fourth-order valence-corrected chi connectivity index (χ4v) is 3.69. The highest BCUT2D eigenvalue weighted by molar-refractivity contribution is 5.88. The Morgan fingerprint density at radius 1 is 1.25 bits per heavy atom. The number of nitrogens with zero attached hydrogens (tertiary/aromatic N) is 4. The van der Waals surface area contributed by atoms with Crippen molar-refractivity contribution in [1.29, 1.82) is 0 Å². The number of hydrogen-bond donors (Lipinski definition) is 2. The highest BCUT2D eigenvalue weighted by Gasteiger charge is 2.32. The molecule has 0 bridgehead atoms. The average Bonchev–Trinajstić information content (AvgIpc) is 3.39. The molecular formula is C22H26F2N6O2. The zero-order valence-corrected chi connectivity index (χ0v) is 17.8. The van der Waals surface area contributed by atoms with E-state index in [2.05, 4.69) is 15.3 Å². The maximum absolute atomic E-state index is 13.9. The summed E-state index contributed by atoms with van der Waals surface area (Å²) >= 11 is 0. The summed E-state index contributed by atoms with van der Waals surface area (Å²) in [6, 6.07) is 7.36. The number of carbonyl (C=O) groups excluding carboxylic acids is 1. The van der Waals surface area contributed by atoms with Gasteiger partial charge in [0.1, 0.15) is 17.6 Å². The third kappa shape index (κ3) is 4.71. The van der Waals surface area contributed by atoms with Gasteiger partial charge in [0.2, 0.25) is 5.92 Å². The van der Waals surface area contributed by atoms with Gasteiger partial charge < -0.3 is 15.8 Å². The van der Waals surface area contributed by atoms with Crippen LogP contribution in [0.5, 0.6) is 0 Å². The van der Waals surface area contributed by atoms with Gasteiger partial charge in [0.25, 0.3) is 0 Å². The number of aromatic nitrogens is 3. The van der Waals surface area contributed by atoms with Gasteiger partial charge in [-0.25, -0.2) is 23.5 Å². The van der Waals surface area contributed by atoms with E-state index in [-0.39, 0.29) is 38.5 Å². The first-order valence-corrected chi connectivity index (χ1v) is 10.5. The quantitative estimate of drug-likeness (QED) is 0.527. The third-order valence-electron chi connectivity index (χ3n) is 5.53. The molecule has 3 aromatic rings. The number of pyridine rings is 2. The number of fused-ring (bicyclic) bond motifs is 1. The number of nitrogens with two attached hydrogens (primary N) is 1. The molecule has 8 nitrogen and oxygen atoms in total. The van der Waals surface area contributed by atoms with Crippen LogP contribution >= 0.6 is 0 Å². The van der Waals surface area contributed by atoms with Gasteiger partial charge in [-0.15, -0.1) is 0 Å². The van der Waals surface area contributed by atoms with Crippen molar-refractivity contribution in [2.45, 2.75) is 31.3 Å². The van der Waals surface area contributed by atoms with E-state index in [1.54, 1.807) is 25.5 Å².